The van der Waals surface area contributed by atoms with Crippen LogP contribution in [0.1, 0.15) is 45.2 Å². The minimum absolute atomic E-state index is 0.676. The fourth-order valence-corrected chi connectivity index (χ4v) is 5.07. The standard InChI is InChI=1S/C14H24N2S2/c1-4-7-15-12-6-5-10(2)8-13(12)18-14-16-11(3)9-17-14/h9-10,12-13,15H,4-8H2,1-3H3. The van der Waals surface area contributed by atoms with Crippen LogP contribution in [0, 0.1) is 12.8 Å². The first-order valence-electron chi connectivity index (χ1n) is 7.01. The van der Waals surface area contributed by atoms with Crippen molar-refractivity contribution in [2.45, 2.75) is 62.1 Å². The normalized spacial score (nSPS) is 28.5. The molecule has 3 unspecified atom stereocenters. The zero-order chi connectivity index (χ0) is 13.0. The summed E-state index contributed by atoms with van der Waals surface area (Å²) >= 11 is 3.79. The molecule has 0 amide bonds. The van der Waals surface area contributed by atoms with E-state index in [1.54, 1.807) is 11.3 Å². The fraction of sp³-hybridized carbons (Fsp3) is 0.786. The fourth-order valence-electron chi connectivity index (χ4n) is 2.54. The summed E-state index contributed by atoms with van der Waals surface area (Å²) in [6.07, 6.45) is 5.24. The second-order valence-corrected chi connectivity index (χ2v) is 7.73. The van der Waals surface area contributed by atoms with E-state index in [9.17, 15) is 0 Å². The van der Waals surface area contributed by atoms with Crippen LogP contribution in [0.15, 0.2) is 9.72 Å². The molecule has 0 radical (unpaired) electrons. The highest BCUT2D eigenvalue weighted by molar-refractivity contribution is 8.01. The molecule has 18 heavy (non-hydrogen) atoms. The zero-order valence-corrected chi connectivity index (χ0v) is 13.2. The Labute approximate surface area is 119 Å². The molecule has 1 aromatic rings. The molecule has 0 bridgehead atoms. The Balaban J connectivity index is 1.96. The van der Waals surface area contributed by atoms with Crippen molar-refractivity contribution in [3.8, 4) is 0 Å². The van der Waals surface area contributed by atoms with Gasteiger partial charge in [-0.05, 0) is 45.1 Å². The Morgan fingerprint density at radius 2 is 2.33 bits per heavy atom. The quantitative estimate of drug-likeness (QED) is 0.881. The lowest BCUT2D eigenvalue weighted by Gasteiger charge is -2.34. The van der Waals surface area contributed by atoms with E-state index in [0.29, 0.717) is 11.3 Å². The third kappa shape index (κ3) is 3.97. The number of thioether (sulfide) groups is 1. The highest BCUT2D eigenvalue weighted by Gasteiger charge is 2.29. The number of hydrogen-bond acceptors (Lipinski definition) is 4. The van der Waals surface area contributed by atoms with Crippen molar-refractivity contribution in [1.29, 1.82) is 0 Å². The van der Waals surface area contributed by atoms with E-state index in [0.717, 1.165) is 18.2 Å². The maximum atomic E-state index is 4.60. The highest BCUT2D eigenvalue weighted by atomic mass is 32.2. The lowest BCUT2D eigenvalue weighted by Crippen LogP contribution is -2.42. The Kier molecular flexibility index (Phi) is 5.52. The molecule has 0 spiro atoms. The van der Waals surface area contributed by atoms with E-state index in [4.69, 9.17) is 0 Å². The van der Waals surface area contributed by atoms with Gasteiger partial charge in [-0.25, -0.2) is 4.98 Å². The van der Waals surface area contributed by atoms with Gasteiger partial charge in [-0.15, -0.1) is 11.3 Å². The van der Waals surface area contributed by atoms with Crippen LogP contribution in [0.5, 0.6) is 0 Å². The monoisotopic (exact) mass is 284 g/mol. The summed E-state index contributed by atoms with van der Waals surface area (Å²) < 4.78 is 1.25. The van der Waals surface area contributed by atoms with Crippen molar-refractivity contribution < 1.29 is 0 Å². The molecule has 1 fully saturated rings. The lowest BCUT2D eigenvalue weighted by molar-refractivity contribution is 0.317. The third-order valence-electron chi connectivity index (χ3n) is 3.56. The molecule has 1 N–H and O–H groups in total. The number of nitrogens with one attached hydrogen (secondary N) is 1. The van der Waals surface area contributed by atoms with Crippen LogP contribution in [0.4, 0.5) is 0 Å². The molecule has 4 heteroatoms. The largest absolute Gasteiger partial charge is 0.313 e. The number of aryl methyl sites for hydroxylation is 1. The lowest BCUT2D eigenvalue weighted by atomic mass is 9.87. The van der Waals surface area contributed by atoms with Crippen LogP contribution in [-0.2, 0) is 0 Å². The van der Waals surface area contributed by atoms with Gasteiger partial charge in [-0.2, -0.15) is 0 Å². The van der Waals surface area contributed by atoms with Gasteiger partial charge >= 0.3 is 0 Å². The van der Waals surface area contributed by atoms with Crippen LogP contribution in [0.25, 0.3) is 0 Å². The van der Waals surface area contributed by atoms with Crippen LogP contribution in [0.3, 0.4) is 0 Å². The van der Waals surface area contributed by atoms with Crippen LogP contribution in [-0.4, -0.2) is 22.8 Å². The topological polar surface area (TPSA) is 24.9 Å². The van der Waals surface area contributed by atoms with Crippen molar-refractivity contribution in [1.82, 2.24) is 10.3 Å². The molecule has 0 aromatic carbocycles. The van der Waals surface area contributed by atoms with Gasteiger partial charge in [0, 0.05) is 22.4 Å². The molecular weight excluding hydrogens is 260 g/mol. The van der Waals surface area contributed by atoms with Crippen LogP contribution < -0.4 is 5.32 Å². The summed E-state index contributed by atoms with van der Waals surface area (Å²) in [4.78, 5) is 4.60. The minimum Gasteiger partial charge on any atom is -0.313 e. The third-order valence-corrected chi connectivity index (χ3v) is 6.01. The molecule has 0 saturated heterocycles. The summed E-state index contributed by atoms with van der Waals surface area (Å²) in [5.41, 5.74) is 1.16. The van der Waals surface area contributed by atoms with E-state index >= 15 is 0 Å². The highest BCUT2D eigenvalue weighted by Crippen LogP contribution is 2.37. The Morgan fingerprint density at radius 3 is 3.00 bits per heavy atom. The first-order valence-corrected chi connectivity index (χ1v) is 8.77. The van der Waals surface area contributed by atoms with Gasteiger partial charge < -0.3 is 5.32 Å². The van der Waals surface area contributed by atoms with Gasteiger partial charge in [0.1, 0.15) is 4.34 Å². The maximum Gasteiger partial charge on any atom is 0.150 e. The number of rotatable bonds is 5. The molecule has 2 nitrogen and oxygen atoms in total. The summed E-state index contributed by atoms with van der Waals surface area (Å²) in [5.74, 6) is 0.864. The van der Waals surface area contributed by atoms with Crippen molar-refractivity contribution in [3.05, 3.63) is 11.1 Å². The van der Waals surface area contributed by atoms with Gasteiger partial charge in [-0.1, -0.05) is 25.6 Å². The first-order chi connectivity index (χ1) is 8.69. The summed E-state index contributed by atoms with van der Waals surface area (Å²) in [6.45, 7) is 7.85. The number of aromatic nitrogens is 1. The molecule has 1 heterocycles. The number of hydrogen-bond donors (Lipinski definition) is 1. The molecular formula is C14H24N2S2. The number of thiazole rings is 1. The molecule has 1 aromatic heterocycles. The van der Waals surface area contributed by atoms with E-state index in [1.807, 2.05) is 11.8 Å². The molecule has 1 saturated carbocycles. The second-order valence-electron chi connectivity index (χ2n) is 5.39. The summed E-state index contributed by atoms with van der Waals surface area (Å²) in [6, 6.07) is 0.676. The van der Waals surface area contributed by atoms with Crippen LogP contribution >= 0.6 is 23.1 Å². The van der Waals surface area contributed by atoms with E-state index < -0.39 is 0 Å². The Bertz CT molecular complexity index is 362. The smallest absolute Gasteiger partial charge is 0.150 e. The minimum atomic E-state index is 0.676. The molecule has 1 aliphatic carbocycles. The number of nitrogens with zero attached hydrogens (tertiary/aromatic N) is 1. The van der Waals surface area contributed by atoms with E-state index in [2.05, 4.69) is 36.5 Å². The summed E-state index contributed by atoms with van der Waals surface area (Å²) in [7, 11) is 0. The SMILES string of the molecule is CCCNC1CCC(C)CC1Sc1nc(C)cs1. The van der Waals surface area contributed by atoms with Gasteiger partial charge in [0.15, 0.2) is 0 Å². The molecule has 2 rings (SSSR count). The van der Waals surface area contributed by atoms with Crippen molar-refractivity contribution >= 4 is 23.1 Å². The second kappa shape index (κ2) is 6.92. The molecule has 102 valence electrons. The average molecular weight is 284 g/mol. The molecule has 0 aliphatic heterocycles. The predicted octanol–water partition coefficient (Wildman–Crippen LogP) is 4.10. The van der Waals surface area contributed by atoms with Gasteiger partial charge in [0.05, 0.1) is 0 Å². The van der Waals surface area contributed by atoms with Crippen molar-refractivity contribution in [2.75, 3.05) is 6.54 Å². The Hall–Kier alpha value is -0.0600. The Morgan fingerprint density at radius 1 is 1.50 bits per heavy atom. The van der Waals surface area contributed by atoms with Gasteiger partial charge in [0.2, 0.25) is 0 Å². The summed E-state index contributed by atoms with van der Waals surface area (Å²) in [5, 5.41) is 6.58. The zero-order valence-electron chi connectivity index (χ0n) is 11.6. The predicted molar refractivity (Wildman–Crippen MR) is 81.6 cm³/mol. The van der Waals surface area contributed by atoms with Crippen molar-refractivity contribution in [3.63, 3.8) is 0 Å². The molecule has 1 aliphatic rings. The van der Waals surface area contributed by atoms with E-state index in [-0.39, 0.29) is 0 Å². The van der Waals surface area contributed by atoms with Gasteiger partial charge in [0.25, 0.3) is 0 Å². The van der Waals surface area contributed by atoms with Crippen LogP contribution in [0.2, 0.25) is 0 Å². The van der Waals surface area contributed by atoms with Crippen molar-refractivity contribution in [2.24, 2.45) is 5.92 Å². The van der Waals surface area contributed by atoms with E-state index in [1.165, 1.54) is 30.0 Å². The first kappa shape index (κ1) is 14.4. The average Bonchev–Trinajstić information content (AvgIpc) is 2.74. The van der Waals surface area contributed by atoms with Gasteiger partial charge in [-0.3, -0.25) is 0 Å². The maximum absolute atomic E-state index is 4.60. The molecule has 3 atom stereocenters.